The Morgan fingerprint density at radius 3 is 2.63 bits per heavy atom. The molecule has 0 unspecified atom stereocenters. The van der Waals surface area contributed by atoms with E-state index >= 15 is 0 Å². The summed E-state index contributed by atoms with van der Waals surface area (Å²) in [6.45, 7) is 4.85. The van der Waals surface area contributed by atoms with Crippen LogP contribution in [-0.4, -0.2) is 36.6 Å². The number of carbonyl (C=O) groups excluding carboxylic acids is 1. The van der Waals surface area contributed by atoms with E-state index in [1.54, 1.807) is 0 Å². The first-order valence-electron chi connectivity index (χ1n) is 8.90. The SMILES string of the molecule is CCc1nnc(NC(=O)CSc2nnc(CCc3ccccc3)n2CC)s1. The minimum atomic E-state index is -0.115. The van der Waals surface area contributed by atoms with E-state index in [0.29, 0.717) is 5.13 Å². The van der Waals surface area contributed by atoms with Crippen LogP contribution in [0.4, 0.5) is 5.13 Å². The number of thioether (sulfide) groups is 1. The van der Waals surface area contributed by atoms with Gasteiger partial charge in [-0.3, -0.25) is 10.1 Å². The van der Waals surface area contributed by atoms with Crippen molar-refractivity contribution in [1.82, 2.24) is 25.0 Å². The van der Waals surface area contributed by atoms with Crippen LogP contribution in [0.25, 0.3) is 0 Å². The Morgan fingerprint density at radius 1 is 1.11 bits per heavy atom. The van der Waals surface area contributed by atoms with Gasteiger partial charge in [0.2, 0.25) is 11.0 Å². The minimum Gasteiger partial charge on any atom is -0.306 e. The van der Waals surface area contributed by atoms with E-state index in [1.165, 1.54) is 28.7 Å². The summed E-state index contributed by atoms with van der Waals surface area (Å²) in [7, 11) is 0. The van der Waals surface area contributed by atoms with E-state index in [4.69, 9.17) is 0 Å². The van der Waals surface area contributed by atoms with Gasteiger partial charge in [0.1, 0.15) is 10.8 Å². The van der Waals surface area contributed by atoms with Crippen LogP contribution in [0.2, 0.25) is 0 Å². The second-order valence-electron chi connectivity index (χ2n) is 5.82. The van der Waals surface area contributed by atoms with Gasteiger partial charge < -0.3 is 4.57 Å². The molecule has 1 N–H and O–H groups in total. The van der Waals surface area contributed by atoms with Crippen molar-refractivity contribution in [2.75, 3.05) is 11.1 Å². The normalized spacial score (nSPS) is 10.9. The predicted octanol–water partition coefficient (Wildman–Crippen LogP) is 3.23. The molecule has 3 rings (SSSR count). The summed E-state index contributed by atoms with van der Waals surface area (Å²) < 4.78 is 2.07. The first kappa shape index (κ1) is 19.5. The van der Waals surface area contributed by atoms with Crippen LogP contribution < -0.4 is 5.32 Å². The fraction of sp³-hybridized carbons (Fsp3) is 0.389. The molecule has 3 aromatic rings. The third kappa shape index (κ3) is 5.36. The summed E-state index contributed by atoms with van der Waals surface area (Å²) in [6.07, 6.45) is 2.55. The number of carbonyl (C=O) groups is 1. The summed E-state index contributed by atoms with van der Waals surface area (Å²) in [5, 5.41) is 21.6. The van der Waals surface area contributed by atoms with E-state index in [0.717, 1.165) is 41.8 Å². The quantitative estimate of drug-likeness (QED) is 0.553. The van der Waals surface area contributed by atoms with Gasteiger partial charge in [-0.15, -0.1) is 20.4 Å². The fourth-order valence-corrected chi connectivity index (χ4v) is 4.08. The monoisotopic (exact) mass is 402 g/mol. The second-order valence-corrected chi connectivity index (χ2v) is 7.82. The summed E-state index contributed by atoms with van der Waals surface area (Å²) in [4.78, 5) is 12.2. The molecule has 2 aromatic heterocycles. The van der Waals surface area contributed by atoms with Gasteiger partial charge in [-0.1, -0.05) is 60.4 Å². The summed E-state index contributed by atoms with van der Waals surface area (Å²) in [6, 6.07) is 10.3. The van der Waals surface area contributed by atoms with Crippen molar-refractivity contribution in [3.8, 4) is 0 Å². The molecule has 0 aliphatic rings. The van der Waals surface area contributed by atoms with Gasteiger partial charge in [0.25, 0.3) is 0 Å². The average Bonchev–Trinajstić information content (AvgIpc) is 3.31. The Kier molecular flexibility index (Phi) is 6.94. The standard InChI is InChI=1S/C18H22N6OS2/c1-3-16-21-22-17(27-16)19-15(25)12-26-18-23-20-14(24(18)4-2)11-10-13-8-6-5-7-9-13/h5-9H,3-4,10-12H2,1-2H3,(H,19,22,25). The molecule has 0 radical (unpaired) electrons. The molecule has 0 atom stereocenters. The molecule has 0 fully saturated rings. The number of nitrogens with one attached hydrogen (secondary N) is 1. The molecule has 0 bridgehead atoms. The van der Waals surface area contributed by atoms with Crippen LogP contribution in [0, 0.1) is 0 Å². The number of nitrogens with zero attached hydrogens (tertiary/aromatic N) is 5. The average molecular weight is 403 g/mol. The van der Waals surface area contributed by atoms with E-state index in [2.05, 4.69) is 49.3 Å². The van der Waals surface area contributed by atoms with E-state index in [9.17, 15) is 4.79 Å². The Labute approximate surface area is 166 Å². The lowest BCUT2D eigenvalue weighted by atomic mass is 10.1. The summed E-state index contributed by atoms with van der Waals surface area (Å²) in [5.74, 6) is 1.09. The number of aryl methyl sites for hydroxylation is 3. The van der Waals surface area contributed by atoms with Gasteiger partial charge in [0, 0.05) is 13.0 Å². The highest BCUT2D eigenvalue weighted by atomic mass is 32.2. The molecule has 0 aliphatic carbocycles. The lowest BCUT2D eigenvalue weighted by molar-refractivity contribution is -0.113. The van der Waals surface area contributed by atoms with Gasteiger partial charge >= 0.3 is 0 Å². The maximum Gasteiger partial charge on any atom is 0.236 e. The van der Waals surface area contributed by atoms with Crippen molar-refractivity contribution in [3.63, 3.8) is 0 Å². The van der Waals surface area contributed by atoms with Crippen LogP contribution in [-0.2, 0) is 30.6 Å². The molecule has 0 spiro atoms. The van der Waals surface area contributed by atoms with Crippen molar-refractivity contribution in [2.24, 2.45) is 0 Å². The van der Waals surface area contributed by atoms with Gasteiger partial charge in [0.15, 0.2) is 5.16 Å². The van der Waals surface area contributed by atoms with E-state index < -0.39 is 0 Å². The summed E-state index contributed by atoms with van der Waals surface area (Å²) in [5.41, 5.74) is 1.28. The number of anilines is 1. The number of benzene rings is 1. The molecule has 0 saturated heterocycles. The Bertz CT molecular complexity index is 877. The zero-order valence-electron chi connectivity index (χ0n) is 15.4. The largest absolute Gasteiger partial charge is 0.306 e. The number of aromatic nitrogens is 5. The van der Waals surface area contributed by atoms with Gasteiger partial charge in [-0.25, -0.2) is 0 Å². The topological polar surface area (TPSA) is 85.6 Å². The van der Waals surface area contributed by atoms with Crippen LogP contribution in [0.15, 0.2) is 35.5 Å². The second kappa shape index (κ2) is 9.61. The van der Waals surface area contributed by atoms with Crippen molar-refractivity contribution >= 4 is 34.1 Å². The highest BCUT2D eigenvalue weighted by molar-refractivity contribution is 7.99. The van der Waals surface area contributed by atoms with Crippen molar-refractivity contribution in [2.45, 2.75) is 44.8 Å². The van der Waals surface area contributed by atoms with Gasteiger partial charge in [-0.2, -0.15) is 0 Å². The van der Waals surface area contributed by atoms with E-state index in [-0.39, 0.29) is 11.7 Å². The Morgan fingerprint density at radius 2 is 1.93 bits per heavy atom. The molecule has 27 heavy (non-hydrogen) atoms. The Balaban J connectivity index is 1.55. The molecule has 2 heterocycles. The van der Waals surface area contributed by atoms with Crippen molar-refractivity contribution in [1.29, 1.82) is 0 Å². The lowest BCUT2D eigenvalue weighted by Crippen LogP contribution is -2.14. The maximum atomic E-state index is 12.2. The van der Waals surface area contributed by atoms with Crippen LogP contribution in [0.3, 0.4) is 0 Å². The zero-order chi connectivity index (χ0) is 19.1. The first-order valence-corrected chi connectivity index (χ1v) is 10.7. The molecular weight excluding hydrogens is 380 g/mol. The number of hydrogen-bond donors (Lipinski definition) is 1. The predicted molar refractivity (Wildman–Crippen MR) is 108 cm³/mol. The molecule has 0 saturated carbocycles. The number of hydrogen-bond acceptors (Lipinski definition) is 7. The number of rotatable bonds is 9. The lowest BCUT2D eigenvalue weighted by Gasteiger charge is -2.07. The Hall–Kier alpha value is -2.26. The molecule has 1 amide bonds. The molecular formula is C18H22N6OS2. The van der Waals surface area contributed by atoms with Crippen LogP contribution in [0.5, 0.6) is 0 Å². The third-order valence-electron chi connectivity index (χ3n) is 3.94. The molecule has 9 heteroatoms. The highest BCUT2D eigenvalue weighted by Crippen LogP contribution is 2.20. The van der Waals surface area contributed by atoms with E-state index in [1.807, 2.05) is 25.1 Å². The van der Waals surface area contributed by atoms with Crippen molar-refractivity contribution < 1.29 is 4.79 Å². The van der Waals surface area contributed by atoms with Gasteiger partial charge in [-0.05, 0) is 25.3 Å². The van der Waals surface area contributed by atoms with Crippen LogP contribution >= 0.6 is 23.1 Å². The molecule has 142 valence electrons. The number of amides is 1. The maximum absolute atomic E-state index is 12.2. The smallest absolute Gasteiger partial charge is 0.236 e. The first-order chi connectivity index (χ1) is 13.2. The molecule has 7 nitrogen and oxygen atoms in total. The zero-order valence-corrected chi connectivity index (χ0v) is 17.0. The highest BCUT2D eigenvalue weighted by Gasteiger charge is 2.14. The third-order valence-corrected chi connectivity index (χ3v) is 5.89. The fourth-order valence-electron chi connectivity index (χ4n) is 2.56. The van der Waals surface area contributed by atoms with Gasteiger partial charge in [0.05, 0.1) is 5.75 Å². The minimum absolute atomic E-state index is 0.115. The summed E-state index contributed by atoms with van der Waals surface area (Å²) >= 11 is 2.79. The van der Waals surface area contributed by atoms with Crippen LogP contribution in [0.1, 0.15) is 30.2 Å². The molecule has 1 aromatic carbocycles. The van der Waals surface area contributed by atoms with Crippen molar-refractivity contribution in [3.05, 3.63) is 46.7 Å². The molecule has 0 aliphatic heterocycles.